The molecule has 3 N–H and O–H groups in total. The summed E-state index contributed by atoms with van der Waals surface area (Å²) in [4.78, 5) is 0. The standard InChI is InChI=1S/C10H22N2O2/c1-3-13-10(14-4-2)9(12-11)7-8-5-6-8/h8-10,12H,3-7,11H2,1-2H3. The van der Waals surface area contributed by atoms with Crippen LogP contribution in [0.1, 0.15) is 33.1 Å². The van der Waals surface area contributed by atoms with Crippen LogP contribution < -0.4 is 11.3 Å². The van der Waals surface area contributed by atoms with E-state index in [2.05, 4.69) is 5.43 Å². The molecule has 0 saturated heterocycles. The Kier molecular flexibility index (Phi) is 5.40. The summed E-state index contributed by atoms with van der Waals surface area (Å²) in [5, 5.41) is 0. The molecule has 84 valence electrons. The van der Waals surface area contributed by atoms with Gasteiger partial charge in [-0.1, -0.05) is 12.8 Å². The minimum absolute atomic E-state index is 0.127. The first-order valence-corrected chi connectivity index (χ1v) is 5.51. The second kappa shape index (κ2) is 6.35. The van der Waals surface area contributed by atoms with Gasteiger partial charge in [-0.05, 0) is 26.2 Å². The number of hydrogen-bond acceptors (Lipinski definition) is 4. The average Bonchev–Trinajstić information content (AvgIpc) is 2.98. The number of hydrazine groups is 1. The Balaban J connectivity index is 2.33. The van der Waals surface area contributed by atoms with Gasteiger partial charge in [0.05, 0.1) is 6.04 Å². The highest BCUT2D eigenvalue weighted by Crippen LogP contribution is 2.34. The molecule has 0 bridgehead atoms. The molecule has 0 aromatic rings. The van der Waals surface area contributed by atoms with Crippen LogP contribution in [0, 0.1) is 5.92 Å². The van der Waals surface area contributed by atoms with Crippen LogP contribution >= 0.6 is 0 Å². The van der Waals surface area contributed by atoms with Crippen molar-refractivity contribution in [3.8, 4) is 0 Å². The third-order valence-corrected chi connectivity index (χ3v) is 2.49. The average molecular weight is 202 g/mol. The third-order valence-electron chi connectivity index (χ3n) is 2.49. The summed E-state index contributed by atoms with van der Waals surface area (Å²) < 4.78 is 11.0. The van der Waals surface area contributed by atoms with Gasteiger partial charge in [0.1, 0.15) is 0 Å². The van der Waals surface area contributed by atoms with E-state index in [4.69, 9.17) is 15.3 Å². The fourth-order valence-electron chi connectivity index (χ4n) is 1.58. The quantitative estimate of drug-likeness (QED) is 0.350. The van der Waals surface area contributed by atoms with E-state index in [-0.39, 0.29) is 12.3 Å². The van der Waals surface area contributed by atoms with Crippen molar-refractivity contribution >= 4 is 0 Å². The third kappa shape index (κ3) is 3.92. The zero-order valence-electron chi connectivity index (χ0n) is 9.16. The lowest BCUT2D eigenvalue weighted by atomic mass is 10.1. The first kappa shape index (κ1) is 11.9. The molecular weight excluding hydrogens is 180 g/mol. The predicted octanol–water partition coefficient (Wildman–Crippen LogP) is 1.02. The summed E-state index contributed by atoms with van der Waals surface area (Å²) in [5.41, 5.74) is 2.79. The molecule has 1 atom stereocenters. The van der Waals surface area contributed by atoms with Crippen molar-refractivity contribution in [2.24, 2.45) is 11.8 Å². The Morgan fingerprint density at radius 3 is 2.21 bits per heavy atom. The molecule has 0 heterocycles. The van der Waals surface area contributed by atoms with E-state index < -0.39 is 0 Å². The largest absolute Gasteiger partial charge is 0.351 e. The summed E-state index contributed by atoms with van der Waals surface area (Å²) in [6, 6.07) is 0.127. The molecule has 0 aliphatic heterocycles. The fraction of sp³-hybridized carbons (Fsp3) is 1.00. The molecule has 0 spiro atoms. The molecule has 1 fully saturated rings. The van der Waals surface area contributed by atoms with Crippen LogP contribution in [0.3, 0.4) is 0 Å². The van der Waals surface area contributed by atoms with E-state index in [0.717, 1.165) is 12.3 Å². The van der Waals surface area contributed by atoms with Gasteiger partial charge in [0.25, 0.3) is 0 Å². The highest BCUT2D eigenvalue weighted by Gasteiger charge is 2.30. The van der Waals surface area contributed by atoms with E-state index in [0.29, 0.717) is 13.2 Å². The van der Waals surface area contributed by atoms with Crippen molar-refractivity contribution in [2.45, 2.75) is 45.4 Å². The van der Waals surface area contributed by atoms with Crippen LogP contribution in [0.2, 0.25) is 0 Å². The molecule has 0 aromatic heterocycles. The van der Waals surface area contributed by atoms with Crippen LogP contribution in [-0.4, -0.2) is 25.5 Å². The molecule has 1 unspecified atom stereocenters. The monoisotopic (exact) mass is 202 g/mol. The van der Waals surface area contributed by atoms with Crippen LogP contribution in [-0.2, 0) is 9.47 Å². The SMILES string of the molecule is CCOC(OCC)C(CC1CC1)NN. The zero-order chi connectivity index (χ0) is 10.4. The second-order valence-electron chi connectivity index (χ2n) is 3.73. The van der Waals surface area contributed by atoms with Gasteiger partial charge in [-0.3, -0.25) is 11.3 Å². The predicted molar refractivity (Wildman–Crippen MR) is 55.5 cm³/mol. The van der Waals surface area contributed by atoms with E-state index in [9.17, 15) is 0 Å². The Bertz CT molecular complexity index is 145. The van der Waals surface area contributed by atoms with Crippen molar-refractivity contribution in [2.75, 3.05) is 13.2 Å². The van der Waals surface area contributed by atoms with Gasteiger partial charge < -0.3 is 9.47 Å². The van der Waals surface area contributed by atoms with Crippen molar-refractivity contribution in [1.29, 1.82) is 0 Å². The topological polar surface area (TPSA) is 56.5 Å². The minimum atomic E-state index is -0.199. The van der Waals surface area contributed by atoms with Crippen LogP contribution in [0.4, 0.5) is 0 Å². The lowest BCUT2D eigenvalue weighted by molar-refractivity contribution is -0.155. The second-order valence-corrected chi connectivity index (χ2v) is 3.73. The van der Waals surface area contributed by atoms with E-state index in [1.165, 1.54) is 12.8 Å². The van der Waals surface area contributed by atoms with E-state index in [1.807, 2.05) is 13.8 Å². The molecule has 1 aliphatic carbocycles. The Labute approximate surface area is 86.1 Å². The van der Waals surface area contributed by atoms with Gasteiger partial charge in [0.15, 0.2) is 6.29 Å². The zero-order valence-corrected chi connectivity index (χ0v) is 9.16. The van der Waals surface area contributed by atoms with Crippen LogP contribution in [0.25, 0.3) is 0 Å². The fourth-order valence-corrected chi connectivity index (χ4v) is 1.58. The van der Waals surface area contributed by atoms with E-state index in [1.54, 1.807) is 0 Å². The highest BCUT2D eigenvalue weighted by atomic mass is 16.7. The van der Waals surface area contributed by atoms with Crippen LogP contribution in [0.15, 0.2) is 0 Å². The van der Waals surface area contributed by atoms with Gasteiger partial charge >= 0.3 is 0 Å². The number of rotatable bonds is 8. The molecule has 1 saturated carbocycles. The number of ether oxygens (including phenoxy) is 2. The highest BCUT2D eigenvalue weighted by molar-refractivity contribution is 4.81. The van der Waals surface area contributed by atoms with Crippen molar-refractivity contribution in [3.63, 3.8) is 0 Å². The Morgan fingerprint density at radius 2 is 1.86 bits per heavy atom. The van der Waals surface area contributed by atoms with Crippen molar-refractivity contribution in [1.82, 2.24) is 5.43 Å². The van der Waals surface area contributed by atoms with Gasteiger partial charge in [-0.15, -0.1) is 0 Å². The van der Waals surface area contributed by atoms with E-state index >= 15 is 0 Å². The Hall–Kier alpha value is -0.160. The molecule has 0 aromatic carbocycles. The number of nitrogens with two attached hydrogens (primary N) is 1. The van der Waals surface area contributed by atoms with Crippen molar-refractivity contribution in [3.05, 3.63) is 0 Å². The molecule has 4 heteroatoms. The first-order chi connectivity index (χ1) is 6.81. The normalized spacial score (nSPS) is 18.9. The summed E-state index contributed by atoms with van der Waals surface area (Å²) in [6.45, 7) is 5.26. The molecule has 14 heavy (non-hydrogen) atoms. The first-order valence-electron chi connectivity index (χ1n) is 5.51. The summed E-state index contributed by atoms with van der Waals surface area (Å²) >= 11 is 0. The molecule has 4 nitrogen and oxygen atoms in total. The number of hydrogen-bond donors (Lipinski definition) is 2. The van der Waals surface area contributed by atoms with Crippen molar-refractivity contribution < 1.29 is 9.47 Å². The van der Waals surface area contributed by atoms with Crippen LogP contribution in [0.5, 0.6) is 0 Å². The molecular formula is C10H22N2O2. The maximum Gasteiger partial charge on any atom is 0.173 e. The lowest BCUT2D eigenvalue weighted by Crippen LogP contribution is -2.46. The van der Waals surface area contributed by atoms with Gasteiger partial charge in [-0.25, -0.2) is 0 Å². The summed E-state index contributed by atoms with van der Waals surface area (Å²) in [6.07, 6.45) is 3.50. The van der Waals surface area contributed by atoms with Gasteiger partial charge in [0, 0.05) is 13.2 Å². The molecule has 1 rings (SSSR count). The smallest absolute Gasteiger partial charge is 0.173 e. The molecule has 0 amide bonds. The maximum absolute atomic E-state index is 5.50. The lowest BCUT2D eigenvalue weighted by Gasteiger charge is -2.26. The maximum atomic E-state index is 5.50. The van der Waals surface area contributed by atoms with Gasteiger partial charge in [-0.2, -0.15) is 0 Å². The van der Waals surface area contributed by atoms with Gasteiger partial charge in [0.2, 0.25) is 0 Å². The number of nitrogens with one attached hydrogen (secondary N) is 1. The summed E-state index contributed by atoms with van der Waals surface area (Å²) in [5.74, 6) is 6.32. The Morgan fingerprint density at radius 1 is 1.29 bits per heavy atom. The molecule has 1 aliphatic rings. The molecule has 0 radical (unpaired) electrons. The summed E-state index contributed by atoms with van der Waals surface area (Å²) in [7, 11) is 0. The minimum Gasteiger partial charge on any atom is -0.351 e.